The van der Waals surface area contributed by atoms with Crippen LogP contribution < -0.4 is 18.9 Å². The third-order valence-electron chi connectivity index (χ3n) is 11.7. The van der Waals surface area contributed by atoms with Crippen LogP contribution in [0.1, 0.15) is 96.8 Å². The van der Waals surface area contributed by atoms with E-state index in [1.165, 1.54) is 18.2 Å². The molecule has 0 saturated carbocycles. The molecule has 0 aliphatic carbocycles. The van der Waals surface area contributed by atoms with Gasteiger partial charge in [-0.3, -0.25) is 0 Å². The molecule has 60 heavy (non-hydrogen) atoms. The van der Waals surface area contributed by atoms with Gasteiger partial charge in [0.25, 0.3) is 0 Å². The lowest BCUT2D eigenvalue weighted by atomic mass is 9.84. The Morgan fingerprint density at radius 3 is 1.35 bits per heavy atom. The summed E-state index contributed by atoms with van der Waals surface area (Å²) in [6.07, 6.45) is 6.27. The van der Waals surface area contributed by atoms with E-state index in [1.54, 1.807) is 48.5 Å². The fourth-order valence-electron chi connectivity index (χ4n) is 6.73. The van der Waals surface area contributed by atoms with E-state index < -0.39 is 17.9 Å². The SMILES string of the molecule is CCC1(COCCCCOc2ccc(C(=O)Oc3ccc(OC(=O)c4ccc(OCCCCOCC5(CC)COC5)cc4)c(C(=O)OCC4(CC)COC4)c3)cc2)COC1. The van der Waals surface area contributed by atoms with Crippen molar-refractivity contribution in [3.63, 3.8) is 0 Å². The first-order chi connectivity index (χ1) is 29.2. The van der Waals surface area contributed by atoms with E-state index in [9.17, 15) is 14.4 Å². The quantitative estimate of drug-likeness (QED) is 0.0440. The second-order valence-corrected chi connectivity index (χ2v) is 16.3. The van der Waals surface area contributed by atoms with Crippen LogP contribution in [0.15, 0.2) is 66.7 Å². The summed E-state index contributed by atoms with van der Waals surface area (Å²) in [5, 5.41) is 0. The Morgan fingerprint density at radius 2 is 0.917 bits per heavy atom. The summed E-state index contributed by atoms with van der Waals surface area (Å²) in [7, 11) is 0. The molecule has 0 amide bonds. The van der Waals surface area contributed by atoms with Crippen LogP contribution in [0, 0.1) is 16.2 Å². The molecule has 0 atom stereocenters. The molecule has 3 heterocycles. The average molecular weight is 833 g/mol. The molecule has 3 fully saturated rings. The highest BCUT2D eigenvalue weighted by Crippen LogP contribution is 2.34. The first-order valence-electron chi connectivity index (χ1n) is 21.3. The Hall–Kier alpha value is -4.53. The molecule has 0 bridgehead atoms. The van der Waals surface area contributed by atoms with Gasteiger partial charge in [-0.1, -0.05) is 20.8 Å². The van der Waals surface area contributed by atoms with Crippen molar-refractivity contribution < 1.29 is 61.8 Å². The number of benzene rings is 3. The number of hydrogen-bond acceptors (Lipinski definition) is 13. The van der Waals surface area contributed by atoms with Crippen LogP contribution in [0.2, 0.25) is 0 Å². The van der Waals surface area contributed by atoms with E-state index in [2.05, 4.69) is 13.8 Å². The molecule has 0 unspecified atom stereocenters. The fraction of sp³-hybridized carbons (Fsp3) is 0.553. The highest BCUT2D eigenvalue weighted by molar-refractivity contribution is 5.97. The lowest BCUT2D eigenvalue weighted by molar-refractivity contribution is -0.150. The van der Waals surface area contributed by atoms with Crippen molar-refractivity contribution in [2.24, 2.45) is 16.2 Å². The Kier molecular flexibility index (Phi) is 16.4. The smallest absolute Gasteiger partial charge is 0.343 e. The van der Waals surface area contributed by atoms with Crippen molar-refractivity contribution in [2.75, 3.05) is 85.9 Å². The zero-order chi connectivity index (χ0) is 42.3. The van der Waals surface area contributed by atoms with Gasteiger partial charge in [0.1, 0.15) is 35.2 Å². The molecule has 326 valence electrons. The maximum atomic E-state index is 13.5. The molecule has 3 aromatic carbocycles. The molecule has 0 spiro atoms. The summed E-state index contributed by atoms with van der Waals surface area (Å²) in [4.78, 5) is 40.0. The number of esters is 3. The molecule has 3 aliphatic heterocycles. The average Bonchev–Trinajstić information content (AvgIpc) is 3.22. The van der Waals surface area contributed by atoms with E-state index in [1.807, 2.05) is 6.92 Å². The maximum absolute atomic E-state index is 13.5. The number of carbonyl (C=O) groups is 3. The number of unbranched alkanes of at least 4 members (excludes halogenated alkanes) is 2. The summed E-state index contributed by atoms with van der Waals surface area (Å²) in [6, 6.07) is 17.4. The molecule has 0 N–H and O–H groups in total. The van der Waals surface area contributed by atoms with Gasteiger partial charge in [-0.05, 0) is 112 Å². The van der Waals surface area contributed by atoms with Gasteiger partial charge in [-0.25, -0.2) is 14.4 Å². The van der Waals surface area contributed by atoms with Crippen LogP contribution in [-0.4, -0.2) is 104 Å². The van der Waals surface area contributed by atoms with Crippen LogP contribution >= 0.6 is 0 Å². The molecule has 3 aromatic rings. The molecule has 0 aromatic heterocycles. The highest BCUT2D eigenvalue weighted by Gasteiger charge is 2.39. The Balaban J connectivity index is 0.983. The first-order valence-corrected chi connectivity index (χ1v) is 21.3. The van der Waals surface area contributed by atoms with Crippen LogP contribution in [0.4, 0.5) is 0 Å². The molecule has 3 saturated heterocycles. The standard InChI is InChI=1S/C47H60O13/c1-4-45(28-53-29-45)26-51-21-7-9-23-56-37-15-11-35(12-16-37)42(48)59-39-19-20-41(40(25-39)44(50)58-34-47(6-3)32-55-33-47)60-43(49)36-13-17-38(18-14-36)57-24-10-8-22-52-27-46(5-2)30-54-31-46/h11-20,25H,4-10,21-24,26-34H2,1-3H3. The summed E-state index contributed by atoms with van der Waals surface area (Å²) in [6.45, 7) is 14.3. The number of hydrogen-bond donors (Lipinski definition) is 0. The van der Waals surface area contributed by atoms with E-state index in [-0.39, 0.29) is 51.0 Å². The summed E-state index contributed by atoms with van der Waals surface area (Å²) in [5.74, 6) is -0.768. The number of carbonyl (C=O) groups excluding carboxylic acids is 3. The molecular weight excluding hydrogens is 773 g/mol. The minimum atomic E-state index is -0.725. The zero-order valence-corrected chi connectivity index (χ0v) is 35.3. The van der Waals surface area contributed by atoms with E-state index >= 15 is 0 Å². The monoisotopic (exact) mass is 832 g/mol. The lowest BCUT2D eigenvalue weighted by Crippen LogP contribution is -2.46. The summed E-state index contributed by atoms with van der Waals surface area (Å²) < 4.78 is 56.6. The van der Waals surface area contributed by atoms with Crippen molar-refractivity contribution in [1.29, 1.82) is 0 Å². The van der Waals surface area contributed by atoms with Crippen LogP contribution in [0.25, 0.3) is 0 Å². The van der Waals surface area contributed by atoms with Gasteiger partial charge in [-0.15, -0.1) is 0 Å². The molecule has 6 rings (SSSR count). The largest absolute Gasteiger partial charge is 0.494 e. The molecule has 13 nitrogen and oxygen atoms in total. The Bertz CT molecular complexity index is 1810. The Morgan fingerprint density at radius 1 is 0.500 bits per heavy atom. The van der Waals surface area contributed by atoms with Crippen LogP contribution in [0.5, 0.6) is 23.0 Å². The Labute approximate surface area is 353 Å². The topological polar surface area (TPSA) is 144 Å². The lowest BCUT2D eigenvalue weighted by Gasteiger charge is -2.40. The minimum absolute atomic E-state index is 0.0386. The summed E-state index contributed by atoms with van der Waals surface area (Å²) >= 11 is 0. The molecule has 3 aliphatic rings. The van der Waals surface area contributed by atoms with Crippen molar-refractivity contribution in [1.82, 2.24) is 0 Å². The van der Waals surface area contributed by atoms with Gasteiger partial charge >= 0.3 is 17.9 Å². The third kappa shape index (κ3) is 12.3. The minimum Gasteiger partial charge on any atom is -0.494 e. The van der Waals surface area contributed by atoms with Crippen LogP contribution in [-0.2, 0) is 28.4 Å². The van der Waals surface area contributed by atoms with Crippen LogP contribution in [0.3, 0.4) is 0 Å². The number of ether oxygens (including phenoxy) is 10. The van der Waals surface area contributed by atoms with Gasteiger partial charge in [0.2, 0.25) is 0 Å². The normalized spacial score (nSPS) is 17.0. The van der Waals surface area contributed by atoms with E-state index in [0.29, 0.717) is 51.1 Å². The van der Waals surface area contributed by atoms with Crippen molar-refractivity contribution in [2.45, 2.75) is 65.7 Å². The fourth-order valence-corrected chi connectivity index (χ4v) is 6.73. The van der Waals surface area contributed by atoms with Crippen molar-refractivity contribution in [3.05, 3.63) is 83.4 Å². The van der Waals surface area contributed by atoms with Crippen molar-refractivity contribution in [3.8, 4) is 23.0 Å². The molecule has 13 heteroatoms. The van der Waals surface area contributed by atoms with Gasteiger partial charge in [0.05, 0.1) is 82.6 Å². The molecule has 0 radical (unpaired) electrons. The van der Waals surface area contributed by atoms with Gasteiger partial charge in [-0.2, -0.15) is 0 Å². The van der Waals surface area contributed by atoms with Gasteiger partial charge in [0.15, 0.2) is 0 Å². The van der Waals surface area contributed by atoms with E-state index in [4.69, 9.17) is 47.4 Å². The first kappa shape index (κ1) is 45.0. The summed E-state index contributed by atoms with van der Waals surface area (Å²) in [5.41, 5.74) is 0.571. The second kappa shape index (κ2) is 21.8. The second-order valence-electron chi connectivity index (χ2n) is 16.3. The highest BCUT2D eigenvalue weighted by atomic mass is 16.6. The van der Waals surface area contributed by atoms with E-state index in [0.717, 1.165) is 84.6 Å². The molecular formula is C47H60O13. The number of rotatable bonds is 26. The van der Waals surface area contributed by atoms with Gasteiger partial charge in [0, 0.05) is 24.0 Å². The van der Waals surface area contributed by atoms with Gasteiger partial charge < -0.3 is 47.4 Å². The predicted molar refractivity (Wildman–Crippen MR) is 221 cm³/mol. The van der Waals surface area contributed by atoms with Crippen molar-refractivity contribution >= 4 is 17.9 Å². The third-order valence-corrected chi connectivity index (χ3v) is 11.7. The predicted octanol–water partition coefficient (Wildman–Crippen LogP) is 7.91. The zero-order valence-electron chi connectivity index (χ0n) is 35.3. The maximum Gasteiger partial charge on any atom is 0.343 e.